The molecule has 0 saturated heterocycles. The number of amides is 1. The predicted octanol–water partition coefficient (Wildman–Crippen LogP) is 4.65. The van der Waals surface area contributed by atoms with Crippen LogP contribution in [-0.4, -0.2) is 30.4 Å². The smallest absolute Gasteiger partial charge is 0.341 e. The molecular weight excluding hydrogens is 385 g/mol. The molecule has 0 aliphatic heterocycles. The Hall–Kier alpha value is -1.76. The van der Waals surface area contributed by atoms with Crippen LogP contribution in [0.5, 0.6) is 5.75 Å². The molecule has 0 radical (unpaired) electrons. The zero-order valence-corrected chi connectivity index (χ0v) is 16.2. The van der Waals surface area contributed by atoms with E-state index in [1.807, 2.05) is 38.1 Å². The summed E-state index contributed by atoms with van der Waals surface area (Å²) in [6.07, 6.45) is 0. The molecule has 1 amide bonds. The largest absolute Gasteiger partial charge is 0.494 e. The zero-order valence-electron chi connectivity index (χ0n) is 13.9. The van der Waals surface area contributed by atoms with Crippen molar-refractivity contribution in [3.8, 4) is 16.9 Å². The second-order valence-corrected chi connectivity index (χ2v) is 7.30. The van der Waals surface area contributed by atoms with Crippen LogP contribution in [0, 0.1) is 6.92 Å². The zero-order chi connectivity index (χ0) is 18.6. The summed E-state index contributed by atoms with van der Waals surface area (Å²) >= 11 is 12.4. The first kappa shape index (κ1) is 19.6. The van der Waals surface area contributed by atoms with Crippen LogP contribution in [-0.2, 0) is 9.53 Å². The van der Waals surface area contributed by atoms with Crippen molar-refractivity contribution in [3.63, 3.8) is 0 Å². The number of esters is 1. The van der Waals surface area contributed by atoms with Gasteiger partial charge in [-0.3, -0.25) is 4.79 Å². The average molecular weight is 402 g/mol. The summed E-state index contributed by atoms with van der Waals surface area (Å²) < 4.78 is 10.3. The molecule has 8 heteroatoms. The number of alkyl halides is 2. The lowest BCUT2D eigenvalue weighted by Gasteiger charge is -2.09. The summed E-state index contributed by atoms with van der Waals surface area (Å²) in [7, 11) is 1.29. The van der Waals surface area contributed by atoms with Crippen LogP contribution >= 0.6 is 34.5 Å². The van der Waals surface area contributed by atoms with E-state index in [-0.39, 0.29) is 5.56 Å². The van der Waals surface area contributed by atoms with Crippen molar-refractivity contribution in [2.75, 3.05) is 19.0 Å². The number of benzene rings is 1. The quantitative estimate of drug-likeness (QED) is 0.564. The van der Waals surface area contributed by atoms with Gasteiger partial charge in [0.1, 0.15) is 16.3 Å². The number of halogens is 2. The lowest BCUT2D eigenvalue weighted by molar-refractivity contribution is -0.114. The lowest BCUT2D eigenvalue weighted by Crippen LogP contribution is -2.19. The van der Waals surface area contributed by atoms with Gasteiger partial charge < -0.3 is 14.8 Å². The highest BCUT2D eigenvalue weighted by atomic mass is 35.5. The first-order valence-corrected chi connectivity index (χ1v) is 9.11. The van der Waals surface area contributed by atoms with E-state index in [2.05, 4.69) is 5.32 Å². The summed E-state index contributed by atoms with van der Waals surface area (Å²) in [6.45, 7) is 4.33. The van der Waals surface area contributed by atoms with Crippen LogP contribution in [0.2, 0.25) is 0 Å². The molecule has 1 aromatic carbocycles. The average Bonchev–Trinajstić information content (AvgIpc) is 2.91. The van der Waals surface area contributed by atoms with Crippen molar-refractivity contribution in [3.05, 3.63) is 34.7 Å². The molecule has 2 aromatic rings. The fraction of sp³-hybridized carbons (Fsp3) is 0.294. The van der Waals surface area contributed by atoms with Crippen molar-refractivity contribution in [1.82, 2.24) is 0 Å². The normalized spacial score (nSPS) is 10.6. The van der Waals surface area contributed by atoms with Gasteiger partial charge in [-0.15, -0.1) is 11.3 Å². The van der Waals surface area contributed by atoms with Crippen molar-refractivity contribution in [2.45, 2.75) is 18.7 Å². The Kier molecular flexibility index (Phi) is 6.70. The van der Waals surface area contributed by atoms with Gasteiger partial charge in [0.05, 0.1) is 13.7 Å². The number of anilines is 1. The third-order valence-electron chi connectivity index (χ3n) is 3.36. The Morgan fingerprint density at radius 2 is 1.88 bits per heavy atom. The number of hydrogen-bond acceptors (Lipinski definition) is 5. The maximum absolute atomic E-state index is 12.3. The number of carbonyl (C=O) groups excluding carboxylic acids is 2. The lowest BCUT2D eigenvalue weighted by atomic mass is 10.0. The topological polar surface area (TPSA) is 64.6 Å². The van der Waals surface area contributed by atoms with Crippen LogP contribution < -0.4 is 10.1 Å². The minimum atomic E-state index is -1.23. The first-order chi connectivity index (χ1) is 11.9. The maximum Gasteiger partial charge on any atom is 0.341 e. The predicted molar refractivity (Wildman–Crippen MR) is 101 cm³/mol. The summed E-state index contributed by atoms with van der Waals surface area (Å²) in [4.78, 5) is 23.7. The number of carbonyl (C=O) groups is 2. The van der Waals surface area contributed by atoms with Gasteiger partial charge in [-0.2, -0.15) is 0 Å². The van der Waals surface area contributed by atoms with Crippen LogP contribution in [0.3, 0.4) is 0 Å². The van der Waals surface area contributed by atoms with Crippen LogP contribution in [0.15, 0.2) is 24.3 Å². The van der Waals surface area contributed by atoms with Gasteiger partial charge in [0.15, 0.2) is 4.84 Å². The van der Waals surface area contributed by atoms with Crippen LogP contribution in [0.4, 0.5) is 5.00 Å². The number of nitrogens with one attached hydrogen (secondary N) is 1. The Morgan fingerprint density at radius 3 is 2.40 bits per heavy atom. The number of thiophene rings is 1. The van der Waals surface area contributed by atoms with E-state index in [0.717, 1.165) is 16.2 Å². The van der Waals surface area contributed by atoms with Gasteiger partial charge in [-0.25, -0.2) is 4.79 Å². The van der Waals surface area contributed by atoms with Crippen molar-refractivity contribution in [1.29, 1.82) is 0 Å². The van der Waals surface area contributed by atoms with Gasteiger partial charge in [-0.05, 0) is 31.5 Å². The minimum Gasteiger partial charge on any atom is -0.494 e. The van der Waals surface area contributed by atoms with E-state index in [4.69, 9.17) is 32.7 Å². The Morgan fingerprint density at radius 1 is 1.24 bits per heavy atom. The summed E-state index contributed by atoms with van der Waals surface area (Å²) in [5, 5.41) is 2.93. The molecule has 25 heavy (non-hydrogen) atoms. The van der Waals surface area contributed by atoms with E-state index in [1.165, 1.54) is 18.4 Å². The SMILES string of the molecule is CCOc1ccc(-c2c(C)sc(NC(=O)C(Cl)Cl)c2C(=O)OC)cc1. The number of hydrogen-bond donors (Lipinski definition) is 1. The van der Waals surface area contributed by atoms with Crippen LogP contribution in [0.1, 0.15) is 22.2 Å². The van der Waals surface area contributed by atoms with Gasteiger partial charge >= 0.3 is 5.97 Å². The third-order valence-corrected chi connectivity index (χ3v) is 4.78. The highest BCUT2D eigenvalue weighted by Crippen LogP contribution is 2.41. The van der Waals surface area contributed by atoms with Crippen molar-refractivity contribution < 1.29 is 19.1 Å². The molecule has 0 fully saturated rings. The monoisotopic (exact) mass is 401 g/mol. The number of aryl methyl sites for hydroxylation is 1. The molecule has 2 rings (SSSR count). The molecular formula is C17H17Cl2NO4S. The molecule has 0 atom stereocenters. The minimum absolute atomic E-state index is 0.275. The van der Waals surface area contributed by atoms with Crippen molar-refractivity contribution >= 4 is 51.4 Å². The molecule has 1 N–H and O–H groups in total. The molecule has 0 aliphatic rings. The standard InChI is InChI=1S/C17H17Cl2NO4S/c1-4-24-11-7-5-10(6-8-11)12-9(2)25-16(13(12)17(22)23-3)20-15(21)14(18)19/h5-8,14H,4H2,1-3H3,(H,20,21). The van der Waals surface area contributed by atoms with Crippen LogP contribution in [0.25, 0.3) is 11.1 Å². The molecule has 0 unspecified atom stereocenters. The fourth-order valence-electron chi connectivity index (χ4n) is 2.33. The molecule has 5 nitrogen and oxygen atoms in total. The number of rotatable bonds is 6. The third kappa shape index (κ3) is 4.45. The number of ether oxygens (including phenoxy) is 2. The molecule has 1 aromatic heterocycles. The summed E-state index contributed by atoms with van der Waals surface area (Å²) in [5.74, 6) is -0.420. The molecule has 0 aliphatic carbocycles. The maximum atomic E-state index is 12.3. The van der Waals surface area contributed by atoms with E-state index < -0.39 is 16.7 Å². The highest BCUT2D eigenvalue weighted by molar-refractivity contribution is 7.17. The molecule has 1 heterocycles. The summed E-state index contributed by atoms with van der Waals surface area (Å²) in [5.41, 5.74) is 1.78. The second kappa shape index (κ2) is 8.56. The molecule has 0 spiro atoms. The fourth-order valence-corrected chi connectivity index (χ4v) is 3.50. The molecule has 134 valence electrons. The number of methoxy groups -OCH3 is 1. The first-order valence-electron chi connectivity index (χ1n) is 7.43. The van der Waals surface area contributed by atoms with E-state index in [9.17, 15) is 9.59 Å². The Labute approximate surface area is 159 Å². The van der Waals surface area contributed by atoms with Gasteiger partial charge in [0.2, 0.25) is 0 Å². The van der Waals surface area contributed by atoms with Crippen molar-refractivity contribution in [2.24, 2.45) is 0 Å². The molecule has 0 bridgehead atoms. The summed E-state index contributed by atoms with van der Waals surface area (Å²) in [6, 6.07) is 7.35. The second-order valence-electron chi connectivity index (χ2n) is 4.98. The van der Waals surface area contributed by atoms with E-state index in [0.29, 0.717) is 17.2 Å². The van der Waals surface area contributed by atoms with Gasteiger partial charge in [0, 0.05) is 10.4 Å². The Balaban J connectivity index is 2.51. The van der Waals surface area contributed by atoms with Gasteiger partial charge in [-0.1, -0.05) is 35.3 Å². The highest BCUT2D eigenvalue weighted by Gasteiger charge is 2.26. The molecule has 0 saturated carbocycles. The van der Waals surface area contributed by atoms with E-state index in [1.54, 1.807) is 0 Å². The Bertz CT molecular complexity index is 772. The van der Waals surface area contributed by atoms with E-state index >= 15 is 0 Å². The van der Waals surface area contributed by atoms with Gasteiger partial charge in [0.25, 0.3) is 5.91 Å².